The Kier molecular flexibility index (Phi) is 5.15. The standard InChI is InChI=1S/C18H20FNO2/c1-4-17(22-16-10-5-12(2)13(3)11-16)18(21)20-15-8-6-14(19)7-9-15/h5-11,17H,4H2,1-3H3,(H,20,21)/t17-/m1/s1. The number of carbonyl (C=O) groups excluding carboxylic acids is 1. The fraction of sp³-hybridized carbons (Fsp3) is 0.278. The van der Waals surface area contributed by atoms with E-state index in [4.69, 9.17) is 4.74 Å². The number of aryl methyl sites for hydroxylation is 2. The van der Waals surface area contributed by atoms with Gasteiger partial charge in [-0.1, -0.05) is 13.0 Å². The molecule has 116 valence electrons. The summed E-state index contributed by atoms with van der Waals surface area (Å²) in [4.78, 5) is 12.3. The summed E-state index contributed by atoms with van der Waals surface area (Å²) in [5, 5.41) is 2.74. The van der Waals surface area contributed by atoms with Crippen molar-refractivity contribution >= 4 is 11.6 Å². The zero-order valence-electron chi connectivity index (χ0n) is 13.0. The predicted molar refractivity (Wildman–Crippen MR) is 85.7 cm³/mol. The van der Waals surface area contributed by atoms with Crippen LogP contribution < -0.4 is 10.1 Å². The number of ether oxygens (including phenoxy) is 1. The second-order valence-corrected chi connectivity index (χ2v) is 5.26. The highest BCUT2D eigenvalue weighted by Crippen LogP contribution is 2.19. The minimum atomic E-state index is -0.591. The Balaban J connectivity index is 2.05. The fourth-order valence-corrected chi connectivity index (χ4v) is 2.03. The van der Waals surface area contributed by atoms with Crippen LogP contribution in [0.1, 0.15) is 24.5 Å². The van der Waals surface area contributed by atoms with Crippen LogP contribution in [0.15, 0.2) is 42.5 Å². The first-order chi connectivity index (χ1) is 10.5. The number of anilines is 1. The summed E-state index contributed by atoms with van der Waals surface area (Å²) in [5.74, 6) is 0.0907. The monoisotopic (exact) mass is 301 g/mol. The number of hydrogen-bond acceptors (Lipinski definition) is 2. The Hall–Kier alpha value is -2.36. The molecule has 1 amide bonds. The van der Waals surface area contributed by atoms with Crippen LogP contribution in [-0.4, -0.2) is 12.0 Å². The first-order valence-corrected chi connectivity index (χ1v) is 7.30. The lowest BCUT2D eigenvalue weighted by molar-refractivity contribution is -0.122. The van der Waals surface area contributed by atoms with Crippen LogP contribution in [0.4, 0.5) is 10.1 Å². The quantitative estimate of drug-likeness (QED) is 0.897. The van der Waals surface area contributed by atoms with E-state index < -0.39 is 6.10 Å². The Bertz CT molecular complexity index is 653. The molecule has 0 bridgehead atoms. The van der Waals surface area contributed by atoms with Crippen molar-refractivity contribution in [2.24, 2.45) is 0 Å². The van der Waals surface area contributed by atoms with Crippen molar-refractivity contribution < 1.29 is 13.9 Å². The predicted octanol–water partition coefficient (Wildman–Crippen LogP) is 4.24. The third kappa shape index (κ3) is 4.07. The molecule has 3 nitrogen and oxygen atoms in total. The van der Waals surface area contributed by atoms with E-state index in [0.717, 1.165) is 5.56 Å². The number of nitrogens with one attached hydrogen (secondary N) is 1. The van der Waals surface area contributed by atoms with Crippen molar-refractivity contribution in [2.45, 2.75) is 33.3 Å². The zero-order valence-corrected chi connectivity index (χ0v) is 13.0. The van der Waals surface area contributed by atoms with Crippen LogP contribution in [0.5, 0.6) is 5.75 Å². The number of rotatable bonds is 5. The molecule has 0 aliphatic heterocycles. The summed E-state index contributed by atoms with van der Waals surface area (Å²) in [7, 11) is 0. The lowest BCUT2D eigenvalue weighted by atomic mass is 10.1. The van der Waals surface area contributed by atoms with Crippen LogP contribution in [0.3, 0.4) is 0 Å². The summed E-state index contributed by atoms with van der Waals surface area (Å²) in [6.07, 6.45) is -0.0490. The van der Waals surface area contributed by atoms with E-state index >= 15 is 0 Å². The molecule has 0 aliphatic rings. The van der Waals surface area contributed by atoms with E-state index in [9.17, 15) is 9.18 Å². The molecule has 4 heteroatoms. The van der Waals surface area contributed by atoms with Crippen molar-refractivity contribution in [3.8, 4) is 5.75 Å². The first-order valence-electron chi connectivity index (χ1n) is 7.30. The minimum absolute atomic E-state index is 0.243. The summed E-state index contributed by atoms with van der Waals surface area (Å²) < 4.78 is 18.6. The zero-order chi connectivity index (χ0) is 16.1. The Morgan fingerprint density at radius 1 is 1.14 bits per heavy atom. The van der Waals surface area contributed by atoms with Crippen LogP contribution in [0.2, 0.25) is 0 Å². The highest BCUT2D eigenvalue weighted by Gasteiger charge is 2.18. The highest BCUT2D eigenvalue weighted by molar-refractivity contribution is 5.94. The molecule has 0 radical (unpaired) electrons. The van der Waals surface area contributed by atoms with Gasteiger partial charge in [0.15, 0.2) is 6.10 Å². The molecule has 2 aromatic rings. The molecular weight excluding hydrogens is 281 g/mol. The summed E-state index contributed by atoms with van der Waals surface area (Å²) in [6.45, 7) is 5.91. The molecule has 1 N–H and O–H groups in total. The van der Waals surface area contributed by atoms with Gasteiger partial charge in [-0.05, 0) is 67.8 Å². The first kappa shape index (κ1) is 16.0. The molecule has 0 aliphatic carbocycles. The van der Waals surface area contributed by atoms with E-state index in [-0.39, 0.29) is 11.7 Å². The number of halogens is 1. The van der Waals surface area contributed by atoms with Crippen molar-refractivity contribution in [3.63, 3.8) is 0 Å². The molecule has 1 atom stereocenters. The van der Waals surface area contributed by atoms with Gasteiger partial charge in [0.1, 0.15) is 11.6 Å². The molecule has 2 rings (SSSR count). The van der Waals surface area contributed by atoms with Crippen molar-refractivity contribution in [2.75, 3.05) is 5.32 Å². The minimum Gasteiger partial charge on any atom is -0.481 e. The fourth-order valence-electron chi connectivity index (χ4n) is 2.03. The average molecular weight is 301 g/mol. The van der Waals surface area contributed by atoms with Crippen LogP contribution >= 0.6 is 0 Å². The second-order valence-electron chi connectivity index (χ2n) is 5.26. The Morgan fingerprint density at radius 3 is 2.41 bits per heavy atom. The third-order valence-electron chi connectivity index (χ3n) is 3.53. The number of amides is 1. The van der Waals surface area contributed by atoms with Gasteiger partial charge in [-0.15, -0.1) is 0 Å². The van der Waals surface area contributed by atoms with Crippen molar-refractivity contribution in [1.82, 2.24) is 0 Å². The Morgan fingerprint density at radius 2 is 1.82 bits per heavy atom. The molecule has 22 heavy (non-hydrogen) atoms. The van der Waals surface area contributed by atoms with Crippen LogP contribution in [-0.2, 0) is 4.79 Å². The smallest absolute Gasteiger partial charge is 0.265 e. The average Bonchev–Trinajstić information content (AvgIpc) is 2.50. The van der Waals surface area contributed by atoms with Gasteiger partial charge in [0.05, 0.1) is 0 Å². The van der Waals surface area contributed by atoms with E-state index in [1.807, 2.05) is 39.0 Å². The normalized spacial score (nSPS) is 11.8. The van der Waals surface area contributed by atoms with Crippen LogP contribution in [0, 0.1) is 19.7 Å². The van der Waals surface area contributed by atoms with Gasteiger partial charge >= 0.3 is 0 Å². The topological polar surface area (TPSA) is 38.3 Å². The molecule has 0 heterocycles. The van der Waals surface area contributed by atoms with Gasteiger partial charge in [-0.2, -0.15) is 0 Å². The molecule has 0 aromatic heterocycles. The molecule has 0 saturated carbocycles. The van der Waals surface area contributed by atoms with Gasteiger partial charge in [-0.25, -0.2) is 4.39 Å². The second kappa shape index (κ2) is 7.07. The lowest BCUT2D eigenvalue weighted by Crippen LogP contribution is -2.32. The maximum atomic E-state index is 12.9. The molecule has 0 unspecified atom stereocenters. The van der Waals surface area contributed by atoms with E-state index in [0.29, 0.717) is 17.9 Å². The third-order valence-corrected chi connectivity index (χ3v) is 3.53. The van der Waals surface area contributed by atoms with Crippen LogP contribution in [0.25, 0.3) is 0 Å². The van der Waals surface area contributed by atoms with Gasteiger partial charge in [0.25, 0.3) is 5.91 Å². The largest absolute Gasteiger partial charge is 0.481 e. The maximum absolute atomic E-state index is 12.9. The van der Waals surface area contributed by atoms with Gasteiger partial charge < -0.3 is 10.1 Å². The van der Waals surface area contributed by atoms with Gasteiger partial charge in [0.2, 0.25) is 0 Å². The number of benzene rings is 2. The van der Waals surface area contributed by atoms with Crippen molar-refractivity contribution in [1.29, 1.82) is 0 Å². The molecule has 0 fully saturated rings. The maximum Gasteiger partial charge on any atom is 0.265 e. The van der Waals surface area contributed by atoms with E-state index in [1.165, 1.54) is 29.8 Å². The number of carbonyl (C=O) groups is 1. The SMILES string of the molecule is CC[C@@H](Oc1ccc(C)c(C)c1)C(=O)Nc1ccc(F)cc1. The van der Waals surface area contributed by atoms with Gasteiger partial charge in [0, 0.05) is 5.69 Å². The number of hydrogen-bond donors (Lipinski definition) is 1. The van der Waals surface area contributed by atoms with E-state index in [1.54, 1.807) is 0 Å². The molecule has 2 aromatic carbocycles. The van der Waals surface area contributed by atoms with E-state index in [2.05, 4.69) is 5.32 Å². The highest BCUT2D eigenvalue weighted by atomic mass is 19.1. The lowest BCUT2D eigenvalue weighted by Gasteiger charge is -2.18. The molecule has 0 saturated heterocycles. The molecule has 0 spiro atoms. The summed E-state index contributed by atoms with van der Waals surface area (Å²) >= 11 is 0. The molecular formula is C18H20FNO2. The summed E-state index contributed by atoms with van der Waals surface area (Å²) in [5.41, 5.74) is 2.84. The Labute approximate surface area is 130 Å². The van der Waals surface area contributed by atoms with Crippen molar-refractivity contribution in [3.05, 3.63) is 59.4 Å². The summed E-state index contributed by atoms with van der Waals surface area (Å²) in [6, 6.07) is 11.4. The van der Waals surface area contributed by atoms with Gasteiger partial charge in [-0.3, -0.25) is 4.79 Å².